The van der Waals surface area contributed by atoms with Crippen LogP contribution in [-0.2, 0) is 23.8 Å². The number of hydrogen-bond acceptors (Lipinski definition) is 16. The second-order valence-electron chi connectivity index (χ2n) is 17.5. The number of nitrogens with zero attached hydrogens (tertiary/aromatic N) is 1. The van der Waals surface area contributed by atoms with Gasteiger partial charge in [-0.2, -0.15) is 0 Å². The zero-order valence-electron chi connectivity index (χ0n) is 32.7. The molecule has 18 atom stereocenters. The molecule has 0 spiro atoms. The van der Waals surface area contributed by atoms with Crippen LogP contribution in [0.2, 0.25) is 0 Å². The lowest BCUT2D eigenvalue weighted by atomic mass is 9.53. The van der Waals surface area contributed by atoms with E-state index in [-0.39, 0.29) is 67.5 Å². The van der Waals surface area contributed by atoms with Crippen LogP contribution >= 0.6 is 0 Å². The summed E-state index contributed by atoms with van der Waals surface area (Å²) in [6, 6.07) is 0. The van der Waals surface area contributed by atoms with Crippen molar-refractivity contribution in [3.05, 3.63) is 0 Å². The quantitative estimate of drug-likeness (QED) is 0.0689. The Labute approximate surface area is 328 Å². The van der Waals surface area contributed by atoms with E-state index < -0.39 is 84.4 Å². The second kappa shape index (κ2) is 18.1. The fraction of sp³-hybridized carbons (Fsp3) is 0.921. The standard InChI is InChI=1S/C38H67N7O11/c1-42-36(41)45-16-24-20(5-3-19-4-6-26(39)44-15-19)12-22-29(31(24)48)32(49)28-23(30(22)47)13-21(54-2)14-25(28)55-35-33(50)34(51)37(52,38(53,17-46)56-35)9-7-18-8-10-43-27(40)11-18/h18-29,31,33-35,43-44,46,48,50-53H,3-17,39-40H2,1-2H3,(H3,41,42,45). The van der Waals surface area contributed by atoms with E-state index in [0.717, 1.165) is 38.6 Å². The number of methoxy groups -OCH3 is 1. The molecule has 18 heteroatoms. The number of ketones is 2. The molecular formula is C38H67N7O11. The highest BCUT2D eigenvalue weighted by atomic mass is 16.8. The first-order valence-corrected chi connectivity index (χ1v) is 20.6. The third-order valence-corrected chi connectivity index (χ3v) is 14.3. The lowest BCUT2D eigenvalue weighted by Gasteiger charge is -2.55. The highest BCUT2D eigenvalue weighted by molar-refractivity contribution is 6.00. The fourth-order valence-corrected chi connectivity index (χ4v) is 10.9. The maximum absolute atomic E-state index is 14.8. The number of piperidine rings is 2. The molecule has 3 aliphatic carbocycles. The molecule has 18 unspecified atom stereocenters. The van der Waals surface area contributed by atoms with Crippen molar-refractivity contribution in [3.8, 4) is 0 Å². The van der Waals surface area contributed by atoms with Gasteiger partial charge in [0.25, 0.3) is 0 Å². The van der Waals surface area contributed by atoms with Crippen LogP contribution in [0.15, 0.2) is 4.99 Å². The third-order valence-electron chi connectivity index (χ3n) is 14.3. The average Bonchev–Trinajstić information content (AvgIpc) is 3.19. The summed E-state index contributed by atoms with van der Waals surface area (Å²) in [6.45, 7) is 0.562. The van der Waals surface area contributed by atoms with Gasteiger partial charge in [-0.3, -0.25) is 14.6 Å². The number of Topliss-reactive ketones (excluding diaryl/α,β-unsaturated/α-hetero) is 2. The summed E-state index contributed by atoms with van der Waals surface area (Å²) in [6.07, 6.45) is -3.18. The normalized spacial score (nSPS) is 47.6. The van der Waals surface area contributed by atoms with E-state index in [1.165, 1.54) is 7.11 Å². The summed E-state index contributed by atoms with van der Waals surface area (Å²) in [5.74, 6) is -6.77. The number of aliphatic hydroxyl groups excluding tert-OH is 4. The molecule has 320 valence electrons. The van der Waals surface area contributed by atoms with Crippen molar-refractivity contribution in [2.45, 2.75) is 131 Å². The molecule has 6 aliphatic rings. The molecule has 6 fully saturated rings. The molecule has 3 aliphatic heterocycles. The third kappa shape index (κ3) is 8.69. The average molecular weight is 798 g/mol. The summed E-state index contributed by atoms with van der Waals surface area (Å²) < 4.78 is 17.8. The van der Waals surface area contributed by atoms with Crippen LogP contribution in [0.3, 0.4) is 0 Å². The molecule has 0 aromatic heterocycles. The van der Waals surface area contributed by atoms with Gasteiger partial charge in [-0.1, -0.05) is 0 Å². The van der Waals surface area contributed by atoms with E-state index in [0.29, 0.717) is 31.7 Å². The molecule has 15 N–H and O–H groups in total. The molecule has 3 heterocycles. The Bertz CT molecular complexity index is 1390. The van der Waals surface area contributed by atoms with Gasteiger partial charge in [-0.05, 0) is 95.1 Å². The highest BCUT2D eigenvalue weighted by Crippen LogP contribution is 2.52. The first-order chi connectivity index (χ1) is 26.6. The SMILES string of the molecule is CN=C(N)NCC1C(CCC2CCC(N)NC2)CC2C(=O)C3CC(OC)CC(OC4OC(O)(CO)C(O)(CCC5CCNC(N)C5)C(O)C4O)C3C(=O)C2C1O. The van der Waals surface area contributed by atoms with Crippen LogP contribution in [0.5, 0.6) is 0 Å². The van der Waals surface area contributed by atoms with Crippen LogP contribution in [0.4, 0.5) is 0 Å². The maximum atomic E-state index is 14.8. The lowest BCUT2D eigenvalue weighted by Crippen LogP contribution is -2.74. The second-order valence-corrected chi connectivity index (χ2v) is 17.5. The molecule has 0 aromatic rings. The van der Waals surface area contributed by atoms with Crippen molar-refractivity contribution >= 4 is 17.5 Å². The van der Waals surface area contributed by atoms with Gasteiger partial charge < -0.3 is 78.0 Å². The van der Waals surface area contributed by atoms with Gasteiger partial charge in [0, 0.05) is 44.9 Å². The van der Waals surface area contributed by atoms with Gasteiger partial charge in [0.15, 0.2) is 12.2 Å². The fourth-order valence-electron chi connectivity index (χ4n) is 10.9. The van der Waals surface area contributed by atoms with Crippen molar-refractivity contribution in [1.82, 2.24) is 16.0 Å². The van der Waals surface area contributed by atoms with E-state index in [1.54, 1.807) is 7.05 Å². The van der Waals surface area contributed by atoms with E-state index >= 15 is 0 Å². The van der Waals surface area contributed by atoms with Gasteiger partial charge >= 0.3 is 0 Å². The van der Waals surface area contributed by atoms with Crippen molar-refractivity contribution < 1.29 is 54.4 Å². The number of guanidine groups is 1. The number of rotatable bonds is 12. The van der Waals surface area contributed by atoms with Gasteiger partial charge in [-0.15, -0.1) is 0 Å². The largest absolute Gasteiger partial charge is 0.392 e. The van der Waals surface area contributed by atoms with Gasteiger partial charge in [0.1, 0.15) is 36.0 Å². The molecule has 6 rings (SSSR count). The first kappa shape index (κ1) is 43.7. The monoisotopic (exact) mass is 797 g/mol. The number of nitrogens with two attached hydrogens (primary N) is 3. The number of carbonyl (C=O) groups excluding carboxylic acids is 2. The Morgan fingerprint density at radius 1 is 0.929 bits per heavy atom. The lowest BCUT2D eigenvalue weighted by molar-refractivity contribution is -0.436. The summed E-state index contributed by atoms with van der Waals surface area (Å²) in [5.41, 5.74) is 15.6. The van der Waals surface area contributed by atoms with Gasteiger partial charge in [0.05, 0.1) is 42.5 Å². The van der Waals surface area contributed by atoms with Crippen LogP contribution < -0.4 is 33.2 Å². The van der Waals surface area contributed by atoms with Gasteiger partial charge in [0.2, 0.25) is 5.79 Å². The maximum Gasteiger partial charge on any atom is 0.224 e. The van der Waals surface area contributed by atoms with Crippen LogP contribution in [0.25, 0.3) is 0 Å². The number of aliphatic hydroxyl groups is 6. The van der Waals surface area contributed by atoms with Crippen molar-refractivity contribution in [2.75, 3.05) is 40.4 Å². The number of carbonyl (C=O) groups is 2. The summed E-state index contributed by atoms with van der Waals surface area (Å²) in [5, 5.41) is 78.0. The molecule has 18 nitrogen and oxygen atoms in total. The van der Waals surface area contributed by atoms with Crippen LogP contribution in [0.1, 0.15) is 70.6 Å². The first-order valence-electron chi connectivity index (χ1n) is 20.6. The number of ether oxygens (including phenoxy) is 3. The zero-order chi connectivity index (χ0) is 40.5. The molecule has 0 radical (unpaired) electrons. The summed E-state index contributed by atoms with van der Waals surface area (Å²) in [4.78, 5) is 33.3. The van der Waals surface area contributed by atoms with Crippen molar-refractivity contribution in [1.29, 1.82) is 0 Å². The highest BCUT2D eigenvalue weighted by Gasteiger charge is 2.65. The molecule has 0 aromatic carbocycles. The Morgan fingerprint density at radius 3 is 2.34 bits per heavy atom. The Hall–Kier alpha value is -1.91. The molecular weight excluding hydrogens is 730 g/mol. The number of hydrogen-bond donors (Lipinski definition) is 12. The molecule has 0 amide bonds. The zero-order valence-corrected chi connectivity index (χ0v) is 32.7. The van der Waals surface area contributed by atoms with E-state index in [9.17, 15) is 40.2 Å². The Morgan fingerprint density at radius 2 is 1.68 bits per heavy atom. The molecule has 3 saturated carbocycles. The van der Waals surface area contributed by atoms with Crippen LogP contribution in [0, 0.1) is 47.3 Å². The van der Waals surface area contributed by atoms with Gasteiger partial charge in [-0.25, -0.2) is 0 Å². The Kier molecular flexibility index (Phi) is 14.2. The predicted molar refractivity (Wildman–Crippen MR) is 202 cm³/mol. The minimum absolute atomic E-state index is 0.0219. The van der Waals surface area contributed by atoms with Crippen LogP contribution in [-0.4, -0.2) is 149 Å². The molecule has 56 heavy (non-hydrogen) atoms. The van der Waals surface area contributed by atoms with E-state index in [1.807, 2.05) is 0 Å². The smallest absolute Gasteiger partial charge is 0.224 e. The minimum Gasteiger partial charge on any atom is -0.392 e. The number of nitrogens with one attached hydrogen (secondary N) is 3. The van der Waals surface area contributed by atoms with E-state index in [2.05, 4.69) is 20.9 Å². The topological polar surface area (TPSA) is 310 Å². The van der Waals surface area contributed by atoms with E-state index in [4.69, 9.17) is 31.4 Å². The molecule has 3 saturated heterocycles. The summed E-state index contributed by atoms with van der Waals surface area (Å²) >= 11 is 0. The Balaban J connectivity index is 1.21. The number of aliphatic imine (C=N–C) groups is 1. The number of fused-ring (bicyclic) bond motifs is 2. The van der Waals surface area contributed by atoms with Crippen molar-refractivity contribution in [3.63, 3.8) is 0 Å². The minimum atomic E-state index is -2.75. The summed E-state index contributed by atoms with van der Waals surface area (Å²) in [7, 11) is 3.04. The predicted octanol–water partition coefficient (Wildman–Crippen LogP) is -3.05. The molecule has 0 bridgehead atoms. The van der Waals surface area contributed by atoms with Crippen molar-refractivity contribution in [2.24, 2.45) is 69.5 Å².